The zero-order chi connectivity index (χ0) is 8.77. The number of nitrogens with zero attached hydrogens (tertiary/aromatic N) is 2. The molecule has 0 bridgehead atoms. The van der Waals surface area contributed by atoms with Gasteiger partial charge in [0.15, 0.2) is 0 Å². The van der Waals surface area contributed by atoms with Crippen LogP contribution in [0.15, 0.2) is 10.8 Å². The molecule has 1 aliphatic heterocycles. The van der Waals surface area contributed by atoms with Gasteiger partial charge < -0.3 is 4.57 Å². The molecular weight excluding hydrogens is 216 g/mol. The summed E-state index contributed by atoms with van der Waals surface area (Å²) in [6.07, 6.45) is 4.59. The Morgan fingerprint density at radius 1 is 1.58 bits per heavy atom. The van der Waals surface area contributed by atoms with Gasteiger partial charge in [0.05, 0.1) is 0 Å². The molecule has 0 fully saturated rings. The normalized spacial score (nSPS) is 20.6. The van der Waals surface area contributed by atoms with E-state index in [1.165, 1.54) is 18.7 Å². The smallest absolute Gasteiger partial charge is 0.124 e. The second kappa shape index (κ2) is 2.59. The number of halogens is 1. The van der Waals surface area contributed by atoms with Gasteiger partial charge >= 0.3 is 0 Å². The first-order valence-electron chi connectivity index (χ1n) is 4.33. The van der Waals surface area contributed by atoms with E-state index in [2.05, 4.69) is 45.5 Å². The van der Waals surface area contributed by atoms with Crippen LogP contribution in [0.3, 0.4) is 0 Å². The third kappa shape index (κ3) is 1.20. The predicted molar refractivity (Wildman–Crippen MR) is 52.2 cm³/mol. The van der Waals surface area contributed by atoms with Crippen LogP contribution in [0, 0.1) is 0 Å². The van der Waals surface area contributed by atoms with E-state index in [0.717, 1.165) is 11.1 Å². The van der Waals surface area contributed by atoms with Gasteiger partial charge in [0.2, 0.25) is 0 Å². The van der Waals surface area contributed by atoms with Crippen LogP contribution in [-0.4, -0.2) is 9.55 Å². The molecular formula is C9H13BrN2. The molecule has 0 amide bonds. The number of aryl methyl sites for hydroxylation is 1. The van der Waals surface area contributed by atoms with E-state index in [0.29, 0.717) is 0 Å². The predicted octanol–water partition coefficient (Wildman–Crippen LogP) is 2.72. The molecule has 2 heterocycles. The molecule has 2 nitrogen and oxygen atoms in total. The molecule has 2 rings (SSSR count). The lowest BCUT2D eigenvalue weighted by atomic mass is 9.84. The minimum Gasteiger partial charge on any atom is -0.333 e. The molecule has 0 N–H and O–H groups in total. The summed E-state index contributed by atoms with van der Waals surface area (Å²) in [5, 5.41) is 0. The first-order chi connectivity index (χ1) is 5.59. The van der Waals surface area contributed by atoms with E-state index >= 15 is 0 Å². The molecule has 1 aromatic heterocycles. The van der Waals surface area contributed by atoms with E-state index in [9.17, 15) is 0 Å². The van der Waals surface area contributed by atoms with E-state index in [1.807, 2.05) is 0 Å². The number of hydrogen-bond acceptors (Lipinski definition) is 1. The molecule has 3 heteroatoms. The van der Waals surface area contributed by atoms with Gasteiger partial charge in [-0.25, -0.2) is 4.98 Å². The standard InChI is InChI=1S/C9H13BrN2/c1-9(2)4-3-5-12-6-7(10)11-8(9)12/h6H,3-5H2,1-2H3. The minimum atomic E-state index is 0.254. The number of fused-ring (bicyclic) bond motifs is 1. The SMILES string of the molecule is CC1(C)CCCn2cc(Br)nc21. The van der Waals surface area contributed by atoms with Crippen LogP contribution in [0.25, 0.3) is 0 Å². The summed E-state index contributed by atoms with van der Waals surface area (Å²) in [4.78, 5) is 4.48. The van der Waals surface area contributed by atoms with Crippen LogP contribution < -0.4 is 0 Å². The molecule has 0 aromatic carbocycles. The van der Waals surface area contributed by atoms with Gasteiger partial charge in [0, 0.05) is 18.2 Å². The fraction of sp³-hybridized carbons (Fsp3) is 0.667. The summed E-state index contributed by atoms with van der Waals surface area (Å²) in [7, 11) is 0. The average molecular weight is 229 g/mol. The first-order valence-corrected chi connectivity index (χ1v) is 5.12. The molecule has 0 radical (unpaired) electrons. The van der Waals surface area contributed by atoms with Crippen molar-refractivity contribution in [3.63, 3.8) is 0 Å². The van der Waals surface area contributed by atoms with Crippen LogP contribution in [0.2, 0.25) is 0 Å². The minimum absolute atomic E-state index is 0.254. The first kappa shape index (κ1) is 8.30. The van der Waals surface area contributed by atoms with Crippen molar-refractivity contribution in [3.05, 3.63) is 16.6 Å². The monoisotopic (exact) mass is 228 g/mol. The largest absolute Gasteiger partial charge is 0.333 e. The Morgan fingerprint density at radius 2 is 2.33 bits per heavy atom. The van der Waals surface area contributed by atoms with Crippen molar-refractivity contribution in [2.75, 3.05) is 0 Å². The van der Waals surface area contributed by atoms with Gasteiger partial charge in [-0.05, 0) is 28.8 Å². The molecule has 1 aliphatic rings. The highest BCUT2D eigenvalue weighted by Crippen LogP contribution is 2.33. The fourth-order valence-electron chi connectivity index (χ4n) is 1.90. The van der Waals surface area contributed by atoms with Crippen molar-refractivity contribution in [2.24, 2.45) is 0 Å². The summed E-state index contributed by atoms with van der Waals surface area (Å²) >= 11 is 3.41. The Bertz CT molecular complexity index is 301. The van der Waals surface area contributed by atoms with Gasteiger partial charge in [0.25, 0.3) is 0 Å². The number of rotatable bonds is 0. The number of hydrogen-bond donors (Lipinski definition) is 0. The van der Waals surface area contributed by atoms with E-state index in [4.69, 9.17) is 0 Å². The summed E-state index contributed by atoms with van der Waals surface area (Å²) in [6.45, 7) is 5.65. The fourth-order valence-corrected chi connectivity index (χ4v) is 2.31. The molecule has 0 unspecified atom stereocenters. The molecule has 0 aliphatic carbocycles. The maximum atomic E-state index is 4.48. The van der Waals surface area contributed by atoms with E-state index < -0.39 is 0 Å². The van der Waals surface area contributed by atoms with Gasteiger partial charge in [0.1, 0.15) is 10.4 Å². The van der Waals surface area contributed by atoms with E-state index in [1.54, 1.807) is 0 Å². The van der Waals surface area contributed by atoms with Crippen molar-refractivity contribution in [2.45, 2.75) is 38.6 Å². The molecule has 0 saturated carbocycles. The quantitative estimate of drug-likeness (QED) is 0.668. The van der Waals surface area contributed by atoms with Crippen LogP contribution in [0.1, 0.15) is 32.5 Å². The van der Waals surface area contributed by atoms with E-state index in [-0.39, 0.29) is 5.41 Å². The molecule has 1 aromatic rings. The van der Waals surface area contributed by atoms with Crippen LogP contribution >= 0.6 is 15.9 Å². The van der Waals surface area contributed by atoms with Crippen LogP contribution in [0.4, 0.5) is 0 Å². The van der Waals surface area contributed by atoms with Gasteiger partial charge in [-0.1, -0.05) is 13.8 Å². The highest BCUT2D eigenvalue weighted by atomic mass is 79.9. The highest BCUT2D eigenvalue weighted by Gasteiger charge is 2.29. The Morgan fingerprint density at radius 3 is 3.00 bits per heavy atom. The maximum Gasteiger partial charge on any atom is 0.124 e. The van der Waals surface area contributed by atoms with Crippen molar-refractivity contribution < 1.29 is 0 Å². The van der Waals surface area contributed by atoms with Gasteiger partial charge in [-0.3, -0.25) is 0 Å². The highest BCUT2D eigenvalue weighted by molar-refractivity contribution is 9.10. The lowest BCUT2D eigenvalue weighted by molar-refractivity contribution is 0.352. The summed E-state index contributed by atoms with van der Waals surface area (Å²) in [6, 6.07) is 0. The molecule has 12 heavy (non-hydrogen) atoms. The van der Waals surface area contributed by atoms with Gasteiger partial charge in [-0.2, -0.15) is 0 Å². The number of aromatic nitrogens is 2. The van der Waals surface area contributed by atoms with Crippen molar-refractivity contribution in [1.82, 2.24) is 9.55 Å². The molecule has 0 saturated heterocycles. The second-order valence-electron chi connectivity index (χ2n) is 4.07. The summed E-state index contributed by atoms with van der Waals surface area (Å²) in [5.74, 6) is 1.22. The number of imidazole rings is 1. The maximum absolute atomic E-state index is 4.48. The Balaban J connectivity index is 2.51. The Hall–Kier alpha value is -0.310. The Labute approximate surface area is 81.1 Å². The molecule has 66 valence electrons. The molecule has 0 spiro atoms. The second-order valence-corrected chi connectivity index (χ2v) is 4.88. The van der Waals surface area contributed by atoms with Crippen LogP contribution in [-0.2, 0) is 12.0 Å². The third-order valence-corrected chi connectivity index (χ3v) is 2.94. The van der Waals surface area contributed by atoms with Crippen molar-refractivity contribution in [1.29, 1.82) is 0 Å². The summed E-state index contributed by atoms with van der Waals surface area (Å²) < 4.78 is 3.22. The topological polar surface area (TPSA) is 17.8 Å². The lowest BCUT2D eigenvalue weighted by Crippen LogP contribution is -2.27. The van der Waals surface area contributed by atoms with Crippen molar-refractivity contribution in [3.8, 4) is 0 Å². The Kier molecular flexibility index (Phi) is 1.79. The third-order valence-electron chi connectivity index (χ3n) is 2.55. The molecule has 0 atom stereocenters. The zero-order valence-corrected chi connectivity index (χ0v) is 9.06. The van der Waals surface area contributed by atoms with Gasteiger partial charge in [-0.15, -0.1) is 0 Å². The van der Waals surface area contributed by atoms with Crippen LogP contribution in [0.5, 0.6) is 0 Å². The van der Waals surface area contributed by atoms with Crippen molar-refractivity contribution >= 4 is 15.9 Å². The average Bonchev–Trinajstić information content (AvgIpc) is 2.30. The lowest BCUT2D eigenvalue weighted by Gasteiger charge is -2.29. The summed E-state index contributed by atoms with van der Waals surface area (Å²) in [5.41, 5.74) is 0.254. The zero-order valence-electron chi connectivity index (χ0n) is 7.47.